The van der Waals surface area contributed by atoms with Gasteiger partial charge in [-0.05, 0) is 73.4 Å². The zero-order chi connectivity index (χ0) is 18.2. The molecular formula is C22H36N2S. The van der Waals surface area contributed by atoms with E-state index >= 15 is 0 Å². The van der Waals surface area contributed by atoms with Crippen LogP contribution in [0.25, 0.3) is 0 Å². The number of rotatable bonds is 7. The van der Waals surface area contributed by atoms with E-state index in [0.717, 1.165) is 18.0 Å². The molecule has 25 heavy (non-hydrogen) atoms. The Balaban J connectivity index is 2.18. The zero-order valence-corrected chi connectivity index (χ0v) is 17.4. The molecule has 0 aliphatic heterocycles. The monoisotopic (exact) mass is 360 g/mol. The molecule has 0 spiro atoms. The fourth-order valence-corrected chi connectivity index (χ4v) is 4.36. The minimum Gasteiger partial charge on any atom is -0.360 e. The van der Waals surface area contributed by atoms with Gasteiger partial charge in [-0.15, -0.1) is 0 Å². The molecule has 2 nitrogen and oxygen atoms in total. The largest absolute Gasteiger partial charge is 0.360 e. The molecule has 1 aliphatic rings. The third kappa shape index (κ3) is 5.44. The van der Waals surface area contributed by atoms with Gasteiger partial charge in [0.05, 0.1) is 0 Å². The van der Waals surface area contributed by atoms with Crippen molar-refractivity contribution in [2.75, 3.05) is 5.32 Å². The molecule has 0 unspecified atom stereocenters. The Morgan fingerprint density at radius 2 is 1.56 bits per heavy atom. The van der Waals surface area contributed by atoms with E-state index in [2.05, 4.69) is 50.5 Å². The van der Waals surface area contributed by atoms with Gasteiger partial charge in [-0.3, -0.25) is 0 Å². The quantitative estimate of drug-likeness (QED) is 0.555. The first-order chi connectivity index (χ1) is 12.1. The van der Waals surface area contributed by atoms with Crippen molar-refractivity contribution in [3.63, 3.8) is 0 Å². The molecule has 0 radical (unpaired) electrons. The average molecular weight is 361 g/mol. The first-order valence-corrected chi connectivity index (χ1v) is 10.8. The smallest absolute Gasteiger partial charge is 0.171 e. The highest BCUT2D eigenvalue weighted by Crippen LogP contribution is 2.31. The molecule has 1 aromatic rings. The Morgan fingerprint density at radius 1 is 1.00 bits per heavy atom. The predicted octanol–water partition coefficient (Wildman–Crippen LogP) is 6.33. The molecule has 0 aromatic heterocycles. The van der Waals surface area contributed by atoms with Crippen LogP contribution >= 0.6 is 12.2 Å². The van der Waals surface area contributed by atoms with E-state index < -0.39 is 0 Å². The second-order valence-corrected chi connectivity index (χ2v) is 7.78. The minimum absolute atomic E-state index is 0.549. The highest BCUT2D eigenvalue weighted by atomic mass is 32.1. The molecule has 0 amide bonds. The van der Waals surface area contributed by atoms with Crippen LogP contribution in [0, 0.1) is 0 Å². The van der Waals surface area contributed by atoms with Gasteiger partial charge in [0.1, 0.15) is 0 Å². The van der Waals surface area contributed by atoms with Crippen LogP contribution in [-0.2, 0) is 12.8 Å². The van der Waals surface area contributed by atoms with Gasteiger partial charge >= 0.3 is 0 Å². The van der Waals surface area contributed by atoms with Gasteiger partial charge in [0.25, 0.3) is 0 Å². The number of aryl methyl sites for hydroxylation is 2. The third-order valence-corrected chi connectivity index (χ3v) is 5.94. The third-order valence-electron chi connectivity index (χ3n) is 5.72. The molecule has 1 saturated carbocycles. The van der Waals surface area contributed by atoms with Crippen LogP contribution in [0.2, 0.25) is 0 Å². The lowest BCUT2D eigenvalue weighted by Crippen LogP contribution is -2.39. The number of nitrogens with one attached hydrogen (secondary N) is 2. The van der Waals surface area contributed by atoms with Gasteiger partial charge in [-0.1, -0.05) is 59.1 Å². The van der Waals surface area contributed by atoms with Crippen molar-refractivity contribution in [2.45, 2.75) is 97.4 Å². The van der Waals surface area contributed by atoms with Crippen molar-refractivity contribution in [3.8, 4) is 0 Å². The molecule has 0 saturated heterocycles. The van der Waals surface area contributed by atoms with E-state index in [9.17, 15) is 0 Å². The van der Waals surface area contributed by atoms with Crippen LogP contribution in [0.1, 0.15) is 95.2 Å². The summed E-state index contributed by atoms with van der Waals surface area (Å²) in [7, 11) is 0. The molecule has 1 aromatic carbocycles. The van der Waals surface area contributed by atoms with E-state index in [4.69, 9.17) is 12.2 Å². The Morgan fingerprint density at radius 3 is 2.04 bits per heavy atom. The normalized spacial score (nSPS) is 15.4. The van der Waals surface area contributed by atoms with Crippen LogP contribution < -0.4 is 10.6 Å². The summed E-state index contributed by atoms with van der Waals surface area (Å²) in [6.45, 7) is 9.07. The number of hydrogen-bond donors (Lipinski definition) is 2. The first-order valence-electron chi connectivity index (χ1n) is 10.4. The van der Waals surface area contributed by atoms with E-state index in [1.54, 1.807) is 0 Å². The summed E-state index contributed by atoms with van der Waals surface area (Å²) < 4.78 is 0. The van der Waals surface area contributed by atoms with Crippen molar-refractivity contribution in [2.24, 2.45) is 0 Å². The predicted molar refractivity (Wildman–Crippen MR) is 115 cm³/mol. The van der Waals surface area contributed by atoms with Gasteiger partial charge in [-0.25, -0.2) is 0 Å². The number of anilines is 1. The summed E-state index contributed by atoms with van der Waals surface area (Å²) >= 11 is 5.64. The maximum Gasteiger partial charge on any atom is 0.171 e. The minimum atomic E-state index is 0.549. The summed E-state index contributed by atoms with van der Waals surface area (Å²) in [4.78, 5) is 0. The van der Waals surface area contributed by atoms with Crippen molar-refractivity contribution in [1.82, 2.24) is 5.32 Å². The van der Waals surface area contributed by atoms with Crippen LogP contribution in [0.3, 0.4) is 0 Å². The molecule has 0 heterocycles. The lowest BCUT2D eigenvalue weighted by molar-refractivity contribution is 0.415. The topological polar surface area (TPSA) is 24.1 Å². The highest BCUT2D eigenvalue weighted by Gasteiger charge is 2.17. The summed E-state index contributed by atoms with van der Waals surface area (Å²) in [5.74, 6) is 0.664. The van der Waals surface area contributed by atoms with Crippen LogP contribution in [0.4, 0.5) is 5.69 Å². The molecular weight excluding hydrogens is 324 g/mol. The molecule has 140 valence electrons. The molecule has 2 N–H and O–H groups in total. The van der Waals surface area contributed by atoms with Crippen molar-refractivity contribution >= 4 is 23.0 Å². The SMILES string of the molecule is CCc1cc(C(CC)CC)cc(CC)c1NC(=S)NC1CCCCC1. The summed E-state index contributed by atoms with van der Waals surface area (Å²) in [5, 5.41) is 7.90. The van der Waals surface area contributed by atoms with Gasteiger partial charge in [-0.2, -0.15) is 0 Å². The van der Waals surface area contributed by atoms with Crippen LogP contribution in [0.5, 0.6) is 0 Å². The molecule has 0 bridgehead atoms. The van der Waals surface area contributed by atoms with E-state index in [1.807, 2.05) is 0 Å². The van der Waals surface area contributed by atoms with E-state index in [1.165, 1.54) is 67.3 Å². The lowest BCUT2D eigenvalue weighted by atomic mass is 9.89. The lowest BCUT2D eigenvalue weighted by Gasteiger charge is -2.26. The summed E-state index contributed by atoms with van der Waals surface area (Å²) in [5.41, 5.74) is 5.53. The second kappa shape index (κ2) is 10.2. The maximum absolute atomic E-state index is 5.64. The van der Waals surface area contributed by atoms with Gasteiger partial charge in [0.15, 0.2) is 5.11 Å². The van der Waals surface area contributed by atoms with E-state index in [0.29, 0.717) is 12.0 Å². The molecule has 2 rings (SSSR count). The second-order valence-electron chi connectivity index (χ2n) is 7.37. The average Bonchev–Trinajstić information content (AvgIpc) is 2.64. The van der Waals surface area contributed by atoms with Crippen molar-refractivity contribution < 1.29 is 0 Å². The summed E-state index contributed by atoms with van der Waals surface area (Å²) in [6, 6.07) is 5.36. The fraction of sp³-hybridized carbons (Fsp3) is 0.682. The molecule has 1 fully saturated rings. The van der Waals surface area contributed by atoms with E-state index in [-0.39, 0.29) is 0 Å². The Hall–Kier alpha value is -1.09. The maximum atomic E-state index is 5.64. The van der Waals surface area contributed by atoms with Crippen molar-refractivity contribution in [1.29, 1.82) is 0 Å². The van der Waals surface area contributed by atoms with Gasteiger partial charge in [0, 0.05) is 11.7 Å². The molecule has 0 atom stereocenters. The molecule has 3 heteroatoms. The first kappa shape index (κ1) is 20.2. The van der Waals surface area contributed by atoms with Gasteiger partial charge < -0.3 is 10.6 Å². The van der Waals surface area contributed by atoms with Crippen molar-refractivity contribution in [3.05, 3.63) is 28.8 Å². The number of benzene rings is 1. The molecule has 1 aliphatic carbocycles. The fourth-order valence-electron chi connectivity index (χ4n) is 4.09. The number of hydrogen-bond acceptors (Lipinski definition) is 1. The van der Waals surface area contributed by atoms with Gasteiger partial charge in [0.2, 0.25) is 0 Å². The Labute approximate surface area is 160 Å². The Bertz CT molecular complexity index is 532. The zero-order valence-electron chi connectivity index (χ0n) is 16.6. The summed E-state index contributed by atoms with van der Waals surface area (Å²) in [6.07, 6.45) is 11.0. The number of thiocarbonyl (C=S) groups is 1. The van der Waals surface area contributed by atoms with Crippen LogP contribution in [0.15, 0.2) is 12.1 Å². The Kier molecular flexibility index (Phi) is 8.21. The highest BCUT2D eigenvalue weighted by molar-refractivity contribution is 7.80. The standard InChI is InChI=1S/C22H36N2S/c1-5-16(6-2)19-14-17(7-3)21(18(8-4)15-19)24-22(25)23-20-12-10-9-11-13-20/h14-16,20H,5-13H2,1-4H3,(H2,23,24,25). The van der Waals surface area contributed by atoms with Crippen LogP contribution in [-0.4, -0.2) is 11.2 Å².